The van der Waals surface area contributed by atoms with Crippen molar-refractivity contribution in [3.63, 3.8) is 0 Å². The topological polar surface area (TPSA) is 58.6 Å². The first kappa shape index (κ1) is 18.3. The van der Waals surface area contributed by atoms with Crippen LogP contribution in [0.25, 0.3) is 0 Å². The molecule has 0 saturated carbocycles. The van der Waals surface area contributed by atoms with E-state index in [-0.39, 0.29) is 17.8 Å². The minimum Gasteiger partial charge on any atom is -0.426 e. The zero-order valence-electron chi connectivity index (χ0n) is 17.2. The predicted octanol–water partition coefficient (Wildman–Crippen LogP) is 3.71. The lowest BCUT2D eigenvalue weighted by molar-refractivity contribution is -0.160. The molecule has 6 rings (SSSR count). The van der Waals surface area contributed by atoms with Crippen LogP contribution in [0.1, 0.15) is 22.6 Å². The number of nitrogens with one attached hydrogen (secondary N) is 1. The van der Waals surface area contributed by atoms with Gasteiger partial charge in [-0.25, -0.2) is 0 Å². The van der Waals surface area contributed by atoms with Crippen molar-refractivity contribution in [1.82, 2.24) is 4.90 Å². The molecule has 0 aromatic heterocycles. The zero-order chi connectivity index (χ0) is 21.2. The Balaban J connectivity index is 1.68. The van der Waals surface area contributed by atoms with Gasteiger partial charge in [-0.2, -0.15) is 0 Å². The molecule has 154 valence electrons. The number of amides is 1. The van der Waals surface area contributed by atoms with Crippen molar-refractivity contribution in [2.45, 2.75) is 17.9 Å². The average Bonchev–Trinajstić information content (AvgIpc) is 3.24. The monoisotopic (exact) mass is 410 g/mol. The Morgan fingerprint density at radius 2 is 1.65 bits per heavy atom. The van der Waals surface area contributed by atoms with E-state index in [9.17, 15) is 9.59 Å². The van der Waals surface area contributed by atoms with Crippen LogP contribution >= 0.6 is 0 Å². The van der Waals surface area contributed by atoms with Gasteiger partial charge in [-0.05, 0) is 36.7 Å². The normalized spacial score (nSPS) is 29.0. The lowest BCUT2D eigenvalue weighted by Crippen LogP contribution is -2.61. The maximum Gasteiger partial charge on any atom is 0.321 e. The number of rotatable bonds is 1. The lowest BCUT2D eigenvalue weighted by atomic mass is 9.57. The van der Waals surface area contributed by atoms with E-state index in [4.69, 9.17) is 4.74 Å². The van der Waals surface area contributed by atoms with E-state index in [0.29, 0.717) is 18.7 Å². The number of fused-ring (bicyclic) bond motifs is 4. The maximum absolute atomic E-state index is 14.0. The van der Waals surface area contributed by atoms with Crippen molar-refractivity contribution < 1.29 is 14.3 Å². The average molecular weight is 410 g/mol. The number of ether oxygens (including phenoxy) is 1. The van der Waals surface area contributed by atoms with E-state index < -0.39 is 11.0 Å². The van der Waals surface area contributed by atoms with Gasteiger partial charge in [0.15, 0.2) is 0 Å². The molecule has 0 radical (unpaired) electrons. The van der Waals surface area contributed by atoms with Gasteiger partial charge in [0.2, 0.25) is 0 Å². The summed E-state index contributed by atoms with van der Waals surface area (Å²) in [5, 5.41) is 3.06. The molecule has 3 aliphatic rings. The van der Waals surface area contributed by atoms with E-state index in [1.165, 1.54) is 0 Å². The number of hydrogen-bond acceptors (Lipinski definition) is 4. The summed E-state index contributed by atoms with van der Waals surface area (Å²) in [6.07, 6.45) is 0.438. The molecule has 2 spiro atoms. The molecule has 1 amide bonds. The Kier molecular flexibility index (Phi) is 3.72. The number of esters is 1. The Morgan fingerprint density at radius 3 is 2.48 bits per heavy atom. The third-order valence-corrected chi connectivity index (χ3v) is 7.37. The van der Waals surface area contributed by atoms with Gasteiger partial charge in [-0.1, -0.05) is 66.7 Å². The van der Waals surface area contributed by atoms with E-state index in [1.54, 1.807) is 0 Å². The fourth-order valence-electron chi connectivity index (χ4n) is 6.15. The summed E-state index contributed by atoms with van der Waals surface area (Å²) in [6, 6.07) is 25.4. The first-order chi connectivity index (χ1) is 15.1. The van der Waals surface area contributed by atoms with Crippen LogP contribution in [0.15, 0.2) is 78.9 Å². The van der Waals surface area contributed by atoms with E-state index >= 15 is 0 Å². The number of carbonyl (C=O) groups is 2. The van der Waals surface area contributed by atoms with Crippen molar-refractivity contribution >= 4 is 17.6 Å². The molecule has 5 nitrogen and oxygen atoms in total. The van der Waals surface area contributed by atoms with Crippen LogP contribution in [0.3, 0.4) is 0 Å². The first-order valence-corrected chi connectivity index (χ1v) is 10.6. The van der Waals surface area contributed by atoms with Crippen LogP contribution in [0.5, 0.6) is 5.75 Å². The third kappa shape index (κ3) is 2.14. The van der Waals surface area contributed by atoms with Gasteiger partial charge >= 0.3 is 5.97 Å². The number of carbonyl (C=O) groups excluding carboxylic acids is 2. The van der Waals surface area contributed by atoms with Crippen molar-refractivity contribution in [3.8, 4) is 5.75 Å². The first-order valence-electron chi connectivity index (χ1n) is 10.6. The Hall–Kier alpha value is -3.44. The number of para-hydroxylation sites is 2. The van der Waals surface area contributed by atoms with Crippen LogP contribution < -0.4 is 10.1 Å². The van der Waals surface area contributed by atoms with Crippen LogP contribution in [0.4, 0.5) is 5.69 Å². The molecule has 3 aromatic rings. The maximum atomic E-state index is 14.0. The number of likely N-dealkylation sites (N-methyl/N-ethyl adjacent to an activating group) is 1. The lowest BCUT2D eigenvalue weighted by Gasteiger charge is -2.47. The SMILES string of the molecule is CN1C[C@@H](c2ccccc2)[C@@]2(Cc3ccccc3OC2=O)[C@@]12C(=O)Nc1ccccc12. The predicted molar refractivity (Wildman–Crippen MR) is 117 cm³/mol. The van der Waals surface area contributed by atoms with Gasteiger partial charge in [-0.15, -0.1) is 0 Å². The number of likely N-dealkylation sites (tertiary alicyclic amines) is 1. The summed E-state index contributed by atoms with van der Waals surface area (Å²) in [5.41, 5.74) is 1.37. The number of nitrogens with zero attached hydrogens (tertiary/aromatic N) is 1. The zero-order valence-corrected chi connectivity index (χ0v) is 17.2. The van der Waals surface area contributed by atoms with Gasteiger partial charge in [0.25, 0.3) is 5.91 Å². The Bertz CT molecular complexity index is 1220. The second-order valence-corrected chi connectivity index (χ2v) is 8.70. The number of hydrogen-bond donors (Lipinski definition) is 1. The summed E-state index contributed by atoms with van der Waals surface area (Å²) in [6.45, 7) is 0.572. The molecule has 3 atom stereocenters. The van der Waals surface area contributed by atoms with Crippen LogP contribution in [0, 0.1) is 5.41 Å². The number of benzene rings is 3. The van der Waals surface area contributed by atoms with Crippen LogP contribution in [-0.4, -0.2) is 30.4 Å². The summed E-state index contributed by atoms with van der Waals surface area (Å²) in [5.74, 6) is -0.111. The van der Waals surface area contributed by atoms with Gasteiger partial charge in [-0.3, -0.25) is 14.5 Å². The molecular weight excluding hydrogens is 388 g/mol. The molecular formula is C26H22N2O3. The standard InChI is InChI=1S/C26H22N2O3/c1-28-16-20(17-9-3-2-4-10-17)25(15-18-11-5-8-14-22(18)31-24(25)30)26(28)19-12-6-7-13-21(19)27-23(26)29/h2-14,20H,15-16H2,1H3,(H,27,29)/t20-,25+,26+/m0/s1. The largest absolute Gasteiger partial charge is 0.426 e. The van der Waals surface area contributed by atoms with Crippen LogP contribution in [-0.2, 0) is 21.5 Å². The molecule has 3 aromatic carbocycles. The molecule has 3 heterocycles. The van der Waals surface area contributed by atoms with Gasteiger partial charge in [0, 0.05) is 23.7 Å². The van der Waals surface area contributed by atoms with Gasteiger partial charge < -0.3 is 10.1 Å². The van der Waals surface area contributed by atoms with Crippen molar-refractivity contribution in [2.75, 3.05) is 18.9 Å². The second-order valence-electron chi connectivity index (χ2n) is 8.70. The summed E-state index contributed by atoms with van der Waals surface area (Å²) >= 11 is 0. The minimum atomic E-state index is -1.14. The molecule has 5 heteroatoms. The minimum absolute atomic E-state index is 0.161. The fourth-order valence-corrected chi connectivity index (χ4v) is 6.15. The van der Waals surface area contributed by atoms with Gasteiger partial charge in [0.1, 0.15) is 16.7 Å². The van der Waals surface area contributed by atoms with E-state index in [2.05, 4.69) is 10.2 Å². The van der Waals surface area contributed by atoms with Crippen molar-refractivity contribution in [2.24, 2.45) is 5.41 Å². The Morgan fingerprint density at radius 1 is 0.935 bits per heavy atom. The molecule has 1 saturated heterocycles. The summed E-state index contributed by atoms with van der Waals surface area (Å²) in [7, 11) is 1.94. The molecule has 0 unspecified atom stereocenters. The van der Waals surface area contributed by atoms with E-state index in [0.717, 1.165) is 22.4 Å². The quantitative estimate of drug-likeness (QED) is 0.491. The molecule has 3 aliphatic heterocycles. The molecule has 0 aliphatic carbocycles. The highest BCUT2D eigenvalue weighted by Gasteiger charge is 2.75. The highest BCUT2D eigenvalue weighted by molar-refractivity contribution is 6.10. The third-order valence-electron chi connectivity index (χ3n) is 7.37. The Labute approximate surface area is 180 Å². The second kappa shape index (κ2) is 6.28. The van der Waals surface area contributed by atoms with E-state index in [1.807, 2.05) is 85.9 Å². The fraction of sp³-hybridized carbons (Fsp3) is 0.231. The molecule has 1 fully saturated rings. The van der Waals surface area contributed by atoms with Crippen molar-refractivity contribution in [1.29, 1.82) is 0 Å². The molecule has 1 N–H and O–H groups in total. The number of anilines is 1. The molecule has 31 heavy (non-hydrogen) atoms. The van der Waals surface area contributed by atoms with Gasteiger partial charge in [0.05, 0.1) is 0 Å². The molecule has 0 bridgehead atoms. The van der Waals surface area contributed by atoms with Crippen LogP contribution in [0.2, 0.25) is 0 Å². The smallest absolute Gasteiger partial charge is 0.321 e. The summed E-state index contributed by atoms with van der Waals surface area (Å²) in [4.78, 5) is 29.9. The van der Waals surface area contributed by atoms with Crippen molar-refractivity contribution in [3.05, 3.63) is 95.6 Å². The summed E-state index contributed by atoms with van der Waals surface area (Å²) < 4.78 is 5.97. The highest BCUT2D eigenvalue weighted by atomic mass is 16.5. The highest BCUT2D eigenvalue weighted by Crippen LogP contribution is 2.65.